The van der Waals surface area contributed by atoms with E-state index < -0.39 is 0 Å². The third kappa shape index (κ3) is 0.540. The second-order valence-electron chi connectivity index (χ2n) is 1.84. The number of imidazole rings is 1. The summed E-state index contributed by atoms with van der Waals surface area (Å²) in [6.07, 6.45) is 4.68. The molecule has 1 aromatic heterocycles. The van der Waals surface area contributed by atoms with E-state index in [4.69, 9.17) is 0 Å². The van der Waals surface area contributed by atoms with Crippen LogP contribution < -0.4 is 5.69 Å². The summed E-state index contributed by atoms with van der Waals surface area (Å²) in [4.78, 5) is 13.3. The van der Waals surface area contributed by atoms with E-state index in [9.17, 15) is 4.79 Å². The van der Waals surface area contributed by atoms with Crippen molar-refractivity contribution in [1.29, 1.82) is 0 Å². The second-order valence-corrected chi connectivity index (χ2v) is 1.84. The van der Waals surface area contributed by atoms with Crippen LogP contribution in [0.4, 0.5) is 0 Å². The van der Waals surface area contributed by atoms with Crippen molar-refractivity contribution < 1.29 is 0 Å². The van der Waals surface area contributed by atoms with Crippen LogP contribution in [0.2, 0.25) is 0 Å². The van der Waals surface area contributed by atoms with Gasteiger partial charge in [0.15, 0.2) is 5.82 Å². The van der Waals surface area contributed by atoms with E-state index in [1.807, 2.05) is 0 Å². The SMILES string of the molecule is O=c1[nH]ccn1C1=CN=N1. The Morgan fingerprint density at radius 3 is 2.80 bits per heavy atom. The predicted molar refractivity (Wildman–Crippen MR) is 34.2 cm³/mol. The third-order valence-corrected chi connectivity index (χ3v) is 1.23. The van der Waals surface area contributed by atoms with Crippen LogP contribution in [0.15, 0.2) is 33.6 Å². The zero-order valence-corrected chi connectivity index (χ0v) is 4.98. The average Bonchev–Trinajstić information content (AvgIpc) is 2.12. The third-order valence-electron chi connectivity index (χ3n) is 1.23. The van der Waals surface area contributed by atoms with E-state index in [2.05, 4.69) is 15.2 Å². The Hall–Kier alpha value is -1.65. The first-order chi connectivity index (χ1) is 4.88. The molecule has 5 nitrogen and oxygen atoms in total. The Kier molecular flexibility index (Phi) is 0.858. The summed E-state index contributed by atoms with van der Waals surface area (Å²) >= 11 is 0. The lowest BCUT2D eigenvalue weighted by Gasteiger charge is -2.01. The lowest BCUT2D eigenvalue weighted by Crippen LogP contribution is -2.15. The molecule has 10 heavy (non-hydrogen) atoms. The van der Waals surface area contributed by atoms with Crippen molar-refractivity contribution in [2.45, 2.75) is 0 Å². The molecule has 0 spiro atoms. The van der Waals surface area contributed by atoms with Gasteiger partial charge in [0.1, 0.15) is 0 Å². The van der Waals surface area contributed by atoms with Gasteiger partial charge in [-0.25, -0.2) is 9.36 Å². The monoisotopic (exact) mass is 136 g/mol. The summed E-state index contributed by atoms with van der Waals surface area (Å²) in [6, 6.07) is 0. The molecule has 1 aromatic rings. The van der Waals surface area contributed by atoms with Crippen LogP contribution in [0.3, 0.4) is 0 Å². The molecule has 0 unspecified atom stereocenters. The standard InChI is InChI=1S/C5H4N4O/c10-5-6-1-2-9(5)4-3-7-8-4/h1-3H,(H,6,10). The van der Waals surface area contributed by atoms with Crippen LogP contribution in [-0.4, -0.2) is 9.55 Å². The highest BCUT2D eigenvalue weighted by Gasteiger charge is 2.05. The molecule has 1 aliphatic rings. The molecule has 0 aliphatic carbocycles. The van der Waals surface area contributed by atoms with Crippen LogP contribution in [0.1, 0.15) is 0 Å². The lowest BCUT2D eigenvalue weighted by molar-refractivity contribution is 0.924. The number of nitrogens with one attached hydrogen (secondary N) is 1. The Bertz CT molecular complexity index is 356. The molecule has 1 aliphatic heterocycles. The molecule has 1 N–H and O–H groups in total. The fourth-order valence-electron chi connectivity index (χ4n) is 0.720. The van der Waals surface area contributed by atoms with E-state index in [0.717, 1.165) is 0 Å². The molecule has 0 radical (unpaired) electrons. The molecule has 0 bridgehead atoms. The quantitative estimate of drug-likeness (QED) is 0.596. The van der Waals surface area contributed by atoms with Gasteiger partial charge >= 0.3 is 5.69 Å². The molecule has 2 heterocycles. The van der Waals surface area contributed by atoms with Crippen LogP contribution in [0.5, 0.6) is 0 Å². The van der Waals surface area contributed by atoms with Crippen molar-refractivity contribution in [2.75, 3.05) is 0 Å². The molecule has 0 saturated heterocycles. The fraction of sp³-hybridized carbons (Fsp3) is 0. The molecule has 0 amide bonds. The number of hydrogen-bond acceptors (Lipinski definition) is 3. The maximum atomic E-state index is 10.8. The number of H-pyrrole nitrogens is 1. The molecule has 0 fully saturated rings. The Balaban J connectivity index is 2.52. The van der Waals surface area contributed by atoms with Gasteiger partial charge in [0.05, 0.1) is 6.20 Å². The van der Waals surface area contributed by atoms with Crippen LogP contribution in [0, 0.1) is 0 Å². The van der Waals surface area contributed by atoms with Gasteiger partial charge in [0, 0.05) is 12.4 Å². The summed E-state index contributed by atoms with van der Waals surface area (Å²) in [5.41, 5.74) is -0.190. The zero-order chi connectivity index (χ0) is 6.97. The summed E-state index contributed by atoms with van der Waals surface area (Å²) in [7, 11) is 0. The van der Waals surface area contributed by atoms with Gasteiger partial charge in [0.25, 0.3) is 0 Å². The molecular weight excluding hydrogens is 132 g/mol. The Labute approximate surface area is 55.7 Å². The minimum atomic E-state index is -0.190. The maximum absolute atomic E-state index is 10.8. The summed E-state index contributed by atoms with van der Waals surface area (Å²) < 4.78 is 1.38. The van der Waals surface area contributed by atoms with Gasteiger partial charge in [-0.05, 0) is 0 Å². The first-order valence-electron chi connectivity index (χ1n) is 2.75. The van der Waals surface area contributed by atoms with Crippen molar-refractivity contribution in [3.8, 4) is 0 Å². The molecular formula is C5H4N4O. The first kappa shape index (κ1) is 5.16. The van der Waals surface area contributed by atoms with E-state index >= 15 is 0 Å². The van der Waals surface area contributed by atoms with Gasteiger partial charge in [-0.1, -0.05) is 0 Å². The first-order valence-corrected chi connectivity index (χ1v) is 2.75. The number of azo groups is 1. The van der Waals surface area contributed by atoms with Gasteiger partial charge < -0.3 is 4.98 Å². The predicted octanol–water partition coefficient (Wildman–Crippen LogP) is 0.398. The second kappa shape index (κ2) is 1.66. The highest BCUT2D eigenvalue weighted by atomic mass is 16.1. The maximum Gasteiger partial charge on any atom is 0.331 e. The van der Waals surface area contributed by atoms with Crippen molar-refractivity contribution in [3.63, 3.8) is 0 Å². The minimum Gasteiger partial charge on any atom is -0.312 e. The molecule has 5 heteroatoms. The Morgan fingerprint density at radius 2 is 2.40 bits per heavy atom. The largest absolute Gasteiger partial charge is 0.331 e. The summed E-state index contributed by atoms with van der Waals surface area (Å²) in [6.45, 7) is 0. The molecule has 0 aromatic carbocycles. The van der Waals surface area contributed by atoms with Crippen LogP contribution in [0.25, 0.3) is 5.82 Å². The fourth-order valence-corrected chi connectivity index (χ4v) is 0.720. The van der Waals surface area contributed by atoms with Crippen molar-refractivity contribution in [2.24, 2.45) is 10.2 Å². The zero-order valence-electron chi connectivity index (χ0n) is 4.98. The Morgan fingerprint density at radius 1 is 1.60 bits per heavy atom. The number of hydrogen-bond donors (Lipinski definition) is 1. The van der Waals surface area contributed by atoms with E-state index in [0.29, 0.717) is 5.82 Å². The molecule has 0 atom stereocenters. The number of aromatic nitrogens is 2. The van der Waals surface area contributed by atoms with Gasteiger partial charge in [0.2, 0.25) is 0 Å². The van der Waals surface area contributed by atoms with Gasteiger partial charge in [-0.2, -0.15) is 5.11 Å². The molecule has 0 saturated carbocycles. The van der Waals surface area contributed by atoms with Crippen molar-refractivity contribution in [3.05, 3.63) is 29.1 Å². The topological polar surface area (TPSA) is 62.5 Å². The van der Waals surface area contributed by atoms with Gasteiger partial charge in [-0.3, -0.25) is 0 Å². The molecule has 2 rings (SSSR count). The van der Waals surface area contributed by atoms with Crippen molar-refractivity contribution in [1.82, 2.24) is 9.55 Å². The van der Waals surface area contributed by atoms with E-state index in [1.165, 1.54) is 10.8 Å². The van der Waals surface area contributed by atoms with E-state index in [-0.39, 0.29) is 5.69 Å². The number of aromatic amines is 1. The summed E-state index contributed by atoms with van der Waals surface area (Å²) in [5.74, 6) is 0.575. The smallest absolute Gasteiger partial charge is 0.312 e. The lowest BCUT2D eigenvalue weighted by atomic mass is 10.6. The van der Waals surface area contributed by atoms with Crippen molar-refractivity contribution >= 4 is 5.82 Å². The average molecular weight is 136 g/mol. The van der Waals surface area contributed by atoms with E-state index in [1.54, 1.807) is 12.4 Å². The minimum absolute atomic E-state index is 0.190. The van der Waals surface area contributed by atoms with Gasteiger partial charge in [-0.15, -0.1) is 5.11 Å². The number of rotatable bonds is 1. The van der Waals surface area contributed by atoms with Crippen LogP contribution in [-0.2, 0) is 0 Å². The highest BCUT2D eigenvalue weighted by molar-refractivity contribution is 5.45. The summed E-state index contributed by atoms with van der Waals surface area (Å²) in [5, 5.41) is 7.09. The molecule has 50 valence electrons. The number of nitrogens with zero attached hydrogens (tertiary/aromatic N) is 3. The highest BCUT2D eigenvalue weighted by Crippen LogP contribution is 2.11. The normalized spacial score (nSPS) is 14.6. The van der Waals surface area contributed by atoms with Crippen LogP contribution >= 0.6 is 0 Å².